The number of amides is 1. The zero-order valence-corrected chi connectivity index (χ0v) is 12.3. The number of rotatable bonds is 5. The van der Waals surface area contributed by atoms with Gasteiger partial charge in [-0.05, 0) is 31.3 Å². The Bertz CT molecular complexity index is 552. The fourth-order valence-electron chi connectivity index (χ4n) is 1.67. The molecule has 2 N–H and O–H groups in total. The first-order valence-electron chi connectivity index (χ1n) is 6.16. The predicted octanol–water partition coefficient (Wildman–Crippen LogP) is 2.62. The fraction of sp³-hybridized carbons (Fsp3) is 0.286. The Labute approximate surface area is 124 Å². The van der Waals surface area contributed by atoms with Crippen LogP contribution in [0.15, 0.2) is 34.9 Å². The van der Waals surface area contributed by atoms with Crippen LogP contribution < -0.4 is 10.6 Å². The minimum atomic E-state index is -0.00221. The Morgan fingerprint density at radius 2 is 2.00 bits per heavy atom. The van der Waals surface area contributed by atoms with Gasteiger partial charge in [0.1, 0.15) is 0 Å². The topological polar surface area (TPSA) is 67.2 Å². The zero-order valence-electron chi connectivity index (χ0n) is 11.5. The van der Waals surface area contributed by atoms with Gasteiger partial charge >= 0.3 is 0 Å². The largest absolute Gasteiger partial charge is 0.441 e. The molecule has 0 bridgehead atoms. The summed E-state index contributed by atoms with van der Waals surface area (Å²) in [5.74, 6) is 1.36. The highest BCUT2D eigenvalue weighted by Gasteiger charge is 2.05. The van der Waals surface area contributed by atoms with E-state index in [0.717, 1.165) is 17.0 Å². The summed E-state index contributed by atoms with van der Waals surface area (Å²) < 4.78 is 5.44. The molecule has 0 saturated heterocycles. The van der Waals surface area contributed by atoms with Crippen molar-refractivity contribution in [3.05, 3.63) is 36.4 Å². The van der Waals surface area contributed by atoms with Gasteiger partial charge in [0.15, 0.2) is 11.7 Å². The lowest BCUT2D eigenvalue weighted by Gasteiger charge is -2.05. The van der Waals surface area contributed by atoms with E-state index in [1.54, 1.807) is 13.1 Å². The molecule has 0 atom stereocenters. The van der Waals surface area contributed by atoms with Crippen molar-refractivity contribution in [2.45, 2.75) is 13.3 Å². The van der Waals surface area contributed by atoms with Crippen LogP contribution >= 0.6 is 12.4 Å². The summed E-state index contributed by atoms with van der Waals surface area (Å²) in [5.41, 5.74) is 1.72. The van der Waals surface area contributed by atoms with Gasteiger partial charge in [-0.1, -0.05) is 0 Å². The van der Waals surface area contributed by atoms with E-state index in [1.165, 1.54) is 0 Å². The molecule has 2 aromatic rings. The van der Waals surface area contributed by atoms with Crippen molar-refractivity contribution in [1.82, 2.24) is 10.3 Å². The SMILES string of the molecule is CNCCC(=O)Nc1ccc(-c2cnc(C)o2)cc1.Cl. The third-order valence-electron chi connectivity index (χ3n) is 2.68. The summed E-state index contributed by atoms with van der Waals surface area (Å²) >= 11 is 0. The molecule has 1 aromatic carbocycles. The maximum absolute atomic E-state index is 11.5. The average Bonchev–Trinajstić information content (AvgIpc) is 2.84. The Balaban J connectivity index is 0.00000200. The zero-order chi connectivity index (χ0) is 13.7. The molecule has 0 fully saturated rings. The number of anilines is 1. The molecule has 1 amide bonds. The number of aromatic nitrogens is 1. The van der Waals surface area contributed by atoms with Crippen molar-refractivity contribution in [3.63, 3.8) is 0 Å². The van der Waals surface area contributed by atoms with E-state index in [0.29, 0.717) is 18.9 Å². The van der Waals surface area contributed by atoms with Crippen LogP contribution in [0.1, 0.15) is 12.3 Å². The number of benzene rings is 1. The lowest BCUT2D eigenvalue weighted by atomic mass is 10.1. The van der Waals surface area contributed by atoms with E-state index in [2.05, 4.69) is 15.6 Å². The molecule has 0 aliphatic carbocycles. The first kappa shape index (κ1) is 16.2. The second-order valence-electron chi connectivity index (χ2n) is 4.22. The van der Waals surface area contributed by atoms with E-state index in [4.69, 9.17) is 4.42 Å². The van der Waals surface area contributed by atoms with Crippen LogP contribution in [0, 0.1) is 6.92 Å². The highest BCUT2D eigenvalue weighted by atomic mass is 35.5. The molecule has 0 aliphatic rings. The van der Waals surface area contributed by atoms with Gasteiger partial charge < -0.3 is 15.1 Å². The van der Waals surface area contributed by atoms with Crippen molar-refractivity contribution < 1.29 is 9.21 Å². The molecule has 1 aromatic heterocycles. The number of halogens is 1. The number of oxazole rings is 1. The molecule has 0 spiro atoms. The summed E-state index contributed by atoms with van der Waals surface area (Å²) in [7, 11) is 1.82. The average molecular weight is 296 g/mol. The molecule has 0 radical (unpaired) electrons. The van der Waals surface area contributed by atoms with Crippen LogP contribution in [-0.4, -0.2) is 24.5 Å². The number of hydrogen-bond donors (Lipinski definition) is 2. The first-order chi connectivity index (χ1) is 9.19. The third kappa shape index (κ3) is 4.36. The highest BCUT2D eigenvalue weighted by Crippen LogP contribution is 2.22. The van der Waals surface area contributed by atoms with E-state index in [1.807, 2.05) is 31.3 Å². The molecule has 20 heavy (non-hydrogen) atoms. The minimum absolute atomic E-state index is 0. The number of hydrogen-bond acceptors (Lipinski definition) is 4. The quantitative estimate of drug-likeness (QED) is 0.890. The molecule has 5 nitrogen and oxygen atoms in total. The van der Waals surface area contributed by atoms with Gasteiger partial charge in [0, 0.05) is 31.1 Å². The Hall–Kier alpha value is -1.85. The number of nitrogens with zero attached hydrogens (tertiary/aromatic N) is 1. The van der Waals surface area contributed by atoms with Crippen LogP contribution in [0.5, 0.6) is 0 Å². The van der Waals surface area contributed by atoms with Crippen molar-refractivity contribution in [3.8, 4) is 11.3 Å². The Kier molecular flexibility index (Phi) is 6.21. The van der Waals surface area contributed by atoms with Crippen LogP contribution in [-0.2, 0) is 4.79 Å². The summed E-state index contributed by atoms with van der Waals surface area (Å²) in [4.78, 5) is 15.6. The molecule has 108 valence electrons. The van der Waals surface area contributed by atoms with E-state index >= 15 is 0 Å². The maximum Gasteiger partial charge on any atom is 0.225 e. The summed E-state index contributed by atoms with van der Waals surface area (Å²) in [6, 6.07) is 7.50. The van der Waals surface area contributed by atoms with Gasteiger partial charge in [0.05, 0.1) is 6.20 Å². The normalized spacial score (nSPS) is 9.90. The van der Waals surface area contributed by atoms with Gasteiger partial charge in [0.2, 0.25) is 5.91 Å². The van der Waals surface area contributed by atoms with E-state index in [-0.39, 0.29) is 18.3 Å². The monoisotopic (exact) mass is 295 g/mol. The van der Waals surface area contributed by atoms with Gasteiger partial charge in [-0.15, -0.1) is 12.4 Å². The number of nitrogens with one attached hydrogen (secondary N) is 2. The van der Waals surface area contributed by atoms with Crippen LogP contribution in [0.2, 0.25) is 0 Å². The van der Waals surface area contributed by atoms with E-state index < -0.39 is 0 Å². The summed E-state index contributed by atoms with van der Waals surface area (Å²) in [6.45, 7) is 2.47. The second kappa shape index (κ2) is 7.67. The Morgan fingerprint density at radius 3 is 2.55 bits per heavy atom. The standard InChI is InChI=1S/C14H17N3O2.ClH/c1-10-16-9-13(19-10)11-3-5-12(6-4-11)17-14(18)7-8-15-2;/h3-6,9,15H,7-8H2,1-2H3,(H,17,18);1H. The van der Waals surface area contributed by atoms with Crippen LogP contribution in [0.3, 0.4) is 0 Å². The summed E-state index contributed by atoms with van der Waals surface area (Å²) in [6.07, 6.45) is 2.15. The fourth-order valence-corrected chi connectivity index (χ4v) is 1.67. The van der Waals surface area contributed by atoms with Crippen molar-refractivity contribution in [1.29, 1.82) is 0 Å². The molecule has 1 heterocycles. The molecule has 6 heteroatoms. The highest BCUT2D eigenvalue weighted by molar-refractivity contribution is 5.91. The Morgan fingerprint density at radius 1 is 1.30 bits per heavy atom. The lowest BCUT2D eigenvalue weighted by molar-refractivity contribution is -0.116. The molecule has 0 saturated carbocycles. The molecule has 0 aliphatic heterocycles. The molecule has 2 rings (SSSR count). The second-order valence-corrected chi connectivity index (χ2v) is 4.22. The first-order valence-corrected chi connectivity index (χ1v) is 6.16. The number of aryl methyl sites for hydroxylation is 1. The number of carbonyl (C=O) groups excluding carboxylic acids is 1. The molecular formula is C14H18ClN3O2. The molecule has 0 unspecified atom stereocenters. The van der Waals surface area contributed by atoms with Gasteiger partial charge in [0.25, 0.3) is 0 Å². The number of carbonyl (C=O) groups is 1. The molecular weight excluding hydrogens is 278 g/mol. The van der Waals surface area contributed by atoms with Crippen molar-refractivity contribution in [2.24, 2.45) is 0 Å². The lowest BCUT2D eigenvalue weighted by Crippen LogP contribution is -2.18. The van der Waals surface area contributed by atoms with Crippen molar-refractivity contribution >= 4 is 24.0 Å². The van der Waals surface area contributed by atoms with Crippen LogP contribution in [0.4, 0.5) is 5.69 Å². The van der Waals surface area contributed by atoms with Gasteiger partial charge in [-0.25, -0.2) is 4.98 Å². The smallest absolute Gasteiger partial charge is 0.225 e. The summed E-state index contributed by atoms with van der Waals surface area (Å²) in [5, 5.41) is 5.77. The van der Waals surface area contributed by atoms with Crippen LogP contribution in [0.25, 0.3) is 11.3 Å². The predicted molar refractivity (Wildman–Crippen MR) is 81.1 cm³/mol. The maximum atomic E-state index is 11.5. The van der Waals surface area contributed by atoms with E-state index in [9.17, 15) is 4.79 Å². The third-order valence-corrected chi connectivity index (χ3v) is 2.68. The van der Waals surface area contributed by atoms with Gasteiger partial charge in [-0.3, -0.25) is 4.79 Å². The van der Waals surface area contributed by atoms with Crippen molar-refractivity contribution in [2.75, 3.05) is 18.9 Å². The minimum Gasteiger partial charge on any atom is -0.441 e. The van der Waals surface area contributed by atoms with Gasteiger partial charge in [-0.2, -0.15) is 0 Å².